The first kappa shape index (κ1) is 63.0. The first-order valence-corrected chi connectivity index (χ1v) is 28.6. The van der Waals surface area contributed by atoms with Gasteiger partial charge in [0, 0.05) is 34.8 Å². The van der Waals surface area contributed by atoms with E-state index in [4.69, 9.17) is 37.9 Å². The molecule has 22 heteroatoms. The fourth-order valence-electron chi connectivity index (χ4n) is 16.3. The summed E-state index contributed by atoms with van der Waals surface area (Å²) < 4.78 is 49.5. The van der Waals surface area contributed by atoms with Crippen LogP contribution >= 0.6 is 0 Å². The smallest absolute Gasteiger partial charge is 0.335 e. The average Bonchev–Trinajstić information content (AvgIpc) is 2.08. The summed E-state index contributed by atoms with van der Waals surface area (Å²) >= 11 is 0. The number of rotatable bonds is 15. The molecular formula is C58H90O22. The maximum Gasteiger partial charge on any atom is 0.335 e. The van der Waals surface area contributed by atoms with Crippen molar-refractivity contribution < 1.29 is 108 Å². The lowest BCUT2D eigenvalue weighted by atomic mass is 9.33. The molecule has 22 nitrogen and oxygen atoms in total. The molecule has 11 N–H and O–H groups in total. The number of ether oxygens (including phenoxy) is 8. The standard InChI is InChI=1S/C58H90O22/c1-11-27(3)48(71)79-45-46(80-49(72)28(4)12-2)58(26-62)31(21-53(45,5)6)30-13-14-37-54(7)17-16-39(55(8,25-61)36(54)15-18-56(37,9)57(30,10)22-38(58)64)77-51-34(75-52-43(68)42(67)40(65)35(24-60)76-52)20-33(41(66)44(78-51)47(69)70)74-50-32(63)19-29(23-59)73-50/h11-13,29,31-46,50-52,59-68H,14-26H2,1-10H3,(H,69,70)/b27-11-,28-12-/t29-,31?,32?,33?,34?,35?,36?,37?,38-,39+,40-,41+,42?,43?,44?,45+,46+,50+,51-,52-,54+,55-,56-,57-,58+/m1/s1. The molecule has 25 atom stereocenters. The minimum absolute atomic E-state index is 0.0312. The van der Waals surface area contributed by atoms with Crippen molar-refractivity contribution >= 4 is 17.9 Å². The van der Waals surface area contributed by atoms with Crippen LogP contribution < -0.4 is 0 Å². The summed E-state index contributed by atoms with van der Waals surface area (Å²) in [6.07, 6.45) is -17.3. The Hall–Kier alpha value is -3.01. The number of esters is 2. The van der Waals surface area contributed by atoms with Gasteiger partial charge in [-0.2, -0.15) is 0 Å². The summed E-state index contributed by atoms with van der Waals surface area (Å²) in [5, 5.41) is 122. The van der Waals surface area contributed by atoms with Crippen LogP contribution in [0, 0.1) is 50.2 Å². The van der Waals surface area contributed by atoms with Crippen molar-refractivity contribution in [1.82, 2.24) is 0 Å². The summed E-state index contributed by atoms with van der Waals surface area (Å²) in [6, 6.07) is 0. The Morgan fingerprint density at radius 2 is 1.31 bits per heavy atom. The van der Waals surface area contributed by atoms with Gasteiger partial charge in [0.15, 0.2) is 31.1 Å². The number of hydrogen-bond donors (Lipinski definition) is 11. The summed E-state index contributed by atoms with van der Waals surface area (Å²) in [4.78, 5) is 40.5. The van der Waals surface area contributed by atoms with E-state index in [0.29, 0.717) is 49.7 Å². The number of aliphatic hydroxyl groups excluding tert-OH is 10. The van der Waals surface area contributed by atoms with Crippen LogP contribution in [0.1, 0.15) is 127 Å². The van der Waals surface area contributed by atoms with Crippen LogP contribution in [0.5, 0.6) is 0 Å². The second-order valence-electron chi connectivity index (χ2n) is 26.1. The number of aliphatic hydroxyl groups is 10. The minimum Gasteiger partial charge on any atom is -0.479 e. The quantitative estimate of drug-likeness (QED) is 0.0631. The van der Waals surface area contributed by atoms with E-state index in [2.05, 4.69) is 26.8 Å². The molecule has 454 valence electrons. The van der Waals surface area contributed by atoms with Crippen LogP contribution in [-0.4, -0.2) is 205 Å². The van der Waals surface area contributed by atoms with Crippen molar-refractivity contribution in [2.24, 2.45) is 50.2 Å². The van der Waals surface area contributed by atoms with Crippen LogP contribution in [0.2, 0.25) is 0 Å². The first-order chi connectivity index (χ1) is 37.5. The Morgan fingerprint density at radius 3 is 1.89 bits per heavy atom. The van der Waals surface area contributed by atoms with E-state index >= 15 is 0 Å². The second-order valence-corrected chi connectivity index (χ2v) is 26.1. The molecule has 0 bridgehead atoms. The Kier molecular flexibility index (Phi) is 18.5. The number of carboxylic acid groups (broad SMARTS) is 1. The average molecular weight is 1140 g/mol. The van der Waals surface area contributed by atoms with Crippen molar-refractivity contribution in [3.63, 3.8) is 0 Å². The molecule has 10 unspecified atom stereocenters. The normalized spacial score (nSPS) is 48.5. The highest BCUT2D eigenvalue weighted by Crippen LogP contribution is 2.76. The molecule has 0 spiro atoms. The van der Waals surface area contributed by atoms with E-state index in [-0.39, 0.29) is 24.7 Å². The van der Waals surface area contributed by atoms with E-state index in [9.17, 15) is 70.6 Å². The number of allylic oxidation sites excluding steroid dienone is 4. The number of hydrogen-bond acceptors (Lipinski definition) is 21. The zero-order chi connectivity index (χ0) is 59.0. The summed E-state index contributed by atoms with van der Waals surface area (Å²) in [7, 11) is 0. The highest BCUT2D eigenvalue weighted by molar-refractivity contribution is 5.89. The third-order valence-electron chi connectivity index (χ3n) is 21.5. The molecule has 80 heavy (non-hydrogen) atoms. The molecule has 3 heterocycles. The molecule has 4 saturated carbocycles. The van der Waals surface area contributed by atoms with Crippen molar-refractivity contribution in [2.75, 3.05) is 26.4 Å². The molecule has 7 fully saturated rings. The van der Waals surface area contributed by atoms with Gasteiger partial charge in [-0.3, -0.25) is 0 Å². The largest absolute Gasteiger partial charge is 0.479 e. The highest BCUT2D eigenvalue weighted by Gasteiger charge is 2.74. The molecule has 0 radical (unpaired) electrons. The molecule has 0 aromatic carbocycles. The van der Waals surface area contributed by atoms with Crippen LogP contribution in [-0.2, 0) is 52.3 Å². The molecule has 5 aliphatic carbocycles. The van der Waals surface area contributed by atoms with Gasteiger partial charge >= 0.3 is 17.9 Å². The predicted octanol–water partition coefficient (Wildman–Crippen LogP) is 1.68. The van der Waals surface area contributed by atoms with Gasteiger partial charge in [-0.25, -0.2) is 14.4 Å². The van der Waals surface area contributed by atoms with Gasteiger partial charge in [0.2, 0.25) is 0 Å². The lowest BCUT2D eigenvalue weighted by Crippen LogP contribution is -2.72. The fourth-order valence-corrected chi connectivity index (χ4v) is 16.3. The Bertz CT molecular complexity index is 2360. The van der Waals surface area contributed by atoms with Crippen LogP contribution in [0.15, 0.2) is 34.9 Å². The zero-order valence-corrected chi connectivity index (χ0v) is 47.9. The number of carbonyl (C=O) groups excluding carboxylic acids is 2. The maximum atomic E-state index is 13.8. The molecule has 8 rings (SSSR count). The molecule has 3 aliphatic heterocycles. The van der Waals surface area contributed by atoms with Gasteiger partial charge in [-0.05, 0) is 107 Å². The van der Waals surface area contributed by atoms with Crippen molar-refractivity contribution in [3.8, 4) is 0 Å². The topological polar surface area (TPSA) is 348 Å². The molecule has 0 aromatic heterocycles. The fraction of sp³-hybridized carbons (Fsp3) is 0.845. The molecular weight excluding hydrogens is 1050 g/mol. The van der Waals surface area contributed by atoms with Crippen molar-refractivity contribution in [2.45, 2.75) is 231 Å². The number of carboxylic acids is 1. The Labute approximate surface area is 468 Å². The maximum absolute atomic E-state index is 13.8. The third-order valence-corrected chi connectivity index (χ3v) is 21.5. The molecule has 0 amide bonds. The minimum atomic E-state index is -2.05. The van der Waals surface area contributed by atoms with E-state index in [1.165, 1.54) is 0 Å². The van der Waals surface area contributed by atoms with E-state index in [0.717, 1.165) is 5.57 Å². The van der Waals surface area contributed by atoms with Gasteiger partial charge in [-0.1, -0.05) is 65.3 Å². The van der Waals surface area contributed by atoms with Gasteiger partial charge in [0.05, 0.1) is 56.3 Å². The van der Waals surface area contributed by atoms with Gasteiger partial charge < -0.3 is 94.1 Å². The van der Waals surface area contributed by atoms with E-state index in [1.807, 2.05) is 20.8 Å². The molecule has 0 aromatic rings. The lowest BCUT2D eigenvalue weighted by Gasteiger charge is -2.72. The predicted molar refractivity (Wildman–Crippen MR) is 280 cm³/mol. The van der Waals surface area contributed by atoms with E-state index < -0.39 is 193 Å². The van der Waals surface area contributed by atoms with Crippen molar-refractivity contribution in [1.29, 1.82) is 0 Å². The van der Waals surface area contributed by atoms with E-state index in [1.54, 1.807) is 39.8 Å². The van der Waals surface area contributed by atoms with Crippen LogP contribution in [0.25, 0.3) is 0 Å². The van der Waals surface area contributed by atoms with Crippen LogP contribution in [0.4, 0.5) is 0 Å². The summed E-state index contributed by atoms with van der Waals surface area (Å²) in [6.45, 7) is 17.0. The monoisotopic (exact) mass is 1140 g/mol. The number of fused-ring (bicyclic) bond motifs is 7. The number of aliphatic carboxylic acids is 1. The van der Waals surface area contributed by atoms with Gasteiger partial charge in [0.25, 0.3) is 0 Å². The summed E-state index contributed by atoms with van der Waals surface area (Å²) in [5.74, 6) is -3.69. The molecule has 3 saturated heterocycles. The lowest BCUT2D eigenvalue weighted by molar-refractivity contribution is -0.344. The first-order valence-electron chi connectivity index (χ1n) is 28.6. The van der Waals surface area contributed by atoms with Gasteiger partial charge in [0.1, 0.15) is 48.8 Å². The number of carbonyl (C=O) groups is 3. The highest BCUT2D eigenvalue weighted by atomic mass is 16.8. The Morgan fingerprint density at radius 1 is 0.675 bits per heavy atom. The summed E-state index contributed by atoms with van der Waals surface area (Å²) in [5.41, 5.74) is -3.33. The van der Waals surface area contributed by atoms with Gasteiger partial charge in [-0.15, -0.1) is 0 Å². The molecule has 8 aliphatic rings. The zero-order valence-electron chi connectivity index (χ0n) is 47.9. The Balaban J connectivity index is 1.13. The van der Waals surface area contributed by atoms with Crippen molar-refractivity contribution in [3.05, 3.63) is 34.9 Å². The second kappa shape index (κ2) is 23.5. The third kappa shape index (κ3) is 10.4. The van der Waals surface area contributed by atoms with Crippen LogP contribution in [0.3, 0.4) is 0 Å². The SMILES string of the molecule is C/C=C(/C)C(=O)O[C@H]1[C@H](OC(=O)/C(C)=C\C)[C@@]2(CO)C(CC1(C)C)C1=CCC3[C@@]4(C)CC[C@H](O[C@@H]5OC(C(=O)O)[C@@H](O)C(O[C@@H]6O[C@@H](CO)CC6O)CC5O[C@@H]5OC(CO)[C@@H](O)C(O)C5O)[C@](C)(CO)C4CC[C@@]3(C)[C@]1(C)C[C@H]2O.